The number of sulfonamides is 1. The average Bonchev–Trinajstić information content (AvgIpc) is 2.97. The first-order chi connectivity index (χ1) is 13.4. The lowest BCUT2D eigenvalue weighted by atomic mass is 10.0. The second-order valence-electron chi connectivity index (χ2n) is 7.95. The number of rotatable bonds is 4. The minimum atomic E-state index is -3.46. The zero-order valence-corrected chi connectivity index (χ0v) is 17.2. The highest BCUT2D eigenvalue weighted by atomic mass is 32.2. The summed E-state index contributed by atoms with van der Waals surface area (Å²) in [6.45, 7) is 5.12. The van der Waals surface area contributed by atoms with Gasteiger partial charge in [0.05, 0.1) is 4.90 Å². The van der Waals surface area contributed by atoms with Crippen LogP contribution in [0.5, 0.6) is 5.75 Å². The van der Waals surface area contributed by atoms with Crippen molar-refractivity contribution in [1.29, 1.82) is 0 Å². The van der Waals surface area contributed by atoms with Crippen molar-refractivity contribution in [1.82, 2.24) is 9.21 Å². The van der Waals surface area contributed by atoms with E-state index in [0.29, 0.717) is 36.8 Å². The maximum Gasteiger partial charge on any atom is 0.243 e. The fraction of sp³-hybridized carbons (Fsp3) is 0.455. The van der Waals surface area contributed by atoms with Gasteiger partial charge in [0, 0.05) is 31.7 Å². The molecule has 5 nitrogen and oxygen atoms in total. The predicted molar refractivity (Wildman–Crippen MR) is 110 cm³/mol. The lowest BCUT2D eigenvalue weighted by molar-refractivity contribution is 0.274. The first kappa shape index (κ1) is 19.4. The normalized spacial score (nSPS) is 18.8. The van der Waals surface area contributed by atoms with Crippen LogP contribution in [0.15, 0.2) is 41.3 Å². The topological polar surface area (TPSA) is 60.9 Å². The molecule has 1 N–H and O–H groups in total. The Morgan fingerprint density at radius 3 is 2.39 bits per heavy atom. The first-order valence-electron chi connectivity index (χ1n) is 10.1. The number of aryl methyl sites for hydroxylation is 3. The molecule has 28 heavy (non-hydrogen) atoms. The van der Waals surface area contributed by atoms with Gasteiger partial charge in [0.2, 0.25) is 10.0 Å². The van der Waals surface area contributed by atoms with Crippen LogP contribution >= 0.6 is 0 Å². The van der Waals surface area contributed by atoms with Crippen LogP contribution in [0.1, 0.15) is 35.1 Å². The molecule has 1 fully saturated rings. The summed E-state index contributed by atoms with van der Waals surface area (Å²) in [6, 6.07) is 11.1. The molecule has 0 amide bonds. The summed E-state index contributed by atoms with van der Waals surface area (Å²) in [6.07, 6.45) is 4.09. The van der Waals surface area contributed by atoms with Gasteiger partial charge in [-0.1, -0.05) is 23.8 Å². The van der Waals surface area contributed by atoms with Crippen LogP contribution in [0.3, 0.4) is 0 Å². The van der Waals surface area contributed by atoms with Crippen LogP contribution in [0.25, 0.3) is 0 Å². The Hall–Kier alpha value is -1.89. The molecule has 4 rings (SSSR count). The van der Waals surface area contributed by atoms with Crippen molar-refractivity contribution in [2.45, 2.75) is 44.0 Å². The Morgan fingerprint density at radius 2 is 1.64 bits per heavy atom. The van der Waals surface area contributed by atoms with E-state index in [-0.39, 0.29) is 0 Å². The van der Waals surface area contributed by atoms with Crippen molar-refractivity contribution in [3.8, 4) is 5.75 Å². The number of benzene rings is 2. The summed E-state index contributed by atoms with van der Waals surface area (Å²) in [5.41, 5.74) is 4.63. The van der Waals surface area contributed by atoms with Crippen LogP contribution in [0.2, 0.25) is 0 Å². The highest BCUT2D eigenvalue weighted by Gasteiger charge is 2.27. The van der Waals surface area contributed by atoms with Gasteiger partial charge >= 0.3 is 0 Å². The van der Waals surface area contributed by atoms with Gasteiger partial charge in [0.25, 0.3) is 0 Å². The molecule has 2 aromatic carbocycles. The fourth-order valence-electron chi connectivity index (χ4n) is 4.23. The Kier molecular flexibility index (Phi) is 5.45. The van der Waals surface area contributed by atoms with Gasteiger partial charge in [-0.25, -0.2) is 8.42 Å². The summed E-state index contributed by atoms with van der Waals surface area (Å²) in [4.78, 5) is 2.61. The lowest BCUT2D eigenvalue weighted by Crippen LogP contribution is -2.35. The maximum absolute atomic E-state index is 13.0. The van der Waals surface area contributed by atoms with Gasteiger partial charge in [-0.05, 0) is 68.5 Å². The number of fused-ring (bicyclic) bond motifs is 1. The highest BCUT2D eigenvalue weighted by Crippen LogP contribution is 2.30. The van der Waals surface area contributed by atoms with Gasteiger partial charge in [-0.15, -0.1) is 0 Å². The maximum atomic E-state index is 13.0. The Labute approximate surface area is 167 Å². The van der Waals surface area contributed by atoms with Crippen molar-refractivity contribution in [3.63, 3.8) is 0 Å². The van der Waals surface area contributed by atoms with Crippen LogP contribution in [-0.2, 0) is 29.4 Å². The van der Waals surface area contributed by atoms with E-state index in [1.807, 2.05) is 25.1 Å². The summed E-state index contributed by atoms with van der Waals surface area (Å²) in [5.74, 6) is 0.369. The number of hydrogen-bond acceptors (Lipinski definition) is 4. The molecule has 1 aliphatic carbocycles. The Bertz CT molecular complexity index is 954. The van der Waals surface area contributed by atoms with Crippen molar-refractivity contribution < 1.29 is 13.5 Å². The molecule has 1 heterocycles. The van der Waals surface area contributed by atoms with Crippen LogP contribution in [0, 0.1) is 6.92 Å². The fourth-order valence-corrected chi connectivity index (χ4v) is 5.70. The standard InChI is InChI=1S/C22H28N2O3S/c1-17-6-8-21(9-7-17)28(26,27)24-11-3-10-23(12-13-24)16-20-14-18-4-2-5-19(18)15-22(20)25/h6-9,14-15,25H,2-5,10-13,16H2,1H3. The van der Waals surface area contributed by atoms with Gasteiger partial charge in [-0.2, -0.15) is 4.31 Å². The Morgan fingerprint density at radius 1 is 0.929 bits per heavy atom. The molecule has 0 unspecified atom stereocenters. The second kappa shape index (κ2) is 7.85. The number of nitrogens with zero attached hydrogens (tertiary/aromatic N) is 2. The van der Waals surface area contributed by atoms with Crippen LogP contribution in [-0.4, -0.2) is 48.9 Å². The molecule has 0 atom stereocenters. The quantitative estimate of drug-likeness (QED) is 0.857. The molecule has 150 valence electrons. The molecule has 2 aromatic rings. The molecule has 0 saturated carbocycles. The average molecular weight is 401 g/mol. The molecule has 0 radical (unpaired) electrons. The smallest absolute Gasteiger partial charge is 0.243 e. The Balaban J connectivity index is 1.45. The van der Waals surface area contributed by atoms with E-state index in [1.54, 1.807) is 16.4 Å². The van der Waals surface area contributed by atoms with Crippen LogP contribution in [0.4, 0.5) is 0 Å². The molecule has 1 saturated heterocycles. The lowest BCUT2D eigenvalue weighted by Gasteiger charge is -2.22. The van der Waals surface area contributed by atoms with Gasteiger partial charge in [0.1, 0.15) is 5.75 Å². The van der Waals surface area contributed by atoms with Crippen LogP contribution < -0.4 is 0 Å². The van der Waals surface area contributed by atoms with E-state index in [4.69, 9.17) is 0 Å². The number of hydrogen-bond donors (Lipinski definition) is 1. The minimum absolute atomic E-state index is 0.364. The third kappa shape index (κ3) is 3.95. The zero-order valence-electron chi connectivity index (χ0n) is 16.4. The van der Waals surface area contributed by atoms with E-state index in [2.05, 4.69) is 11.0 Å². The third-order valence-electron chi connectivity index (χ3n) is 5.89. The molecular formula is C22H28N2O3S. The van der Waals surface area contributed by atoms with Crippen molar-refractivity contribution >= 4 is 10.0 Å². The molecule has 0 spiro atoms. The van der Waals surface area contributed by atoms with Crippen molar-refractivity contribution in [3.05, 3.63) is 58.7 Å². The first-order valence-corrected chi connectivity index (χ1v) is 11.5. The molecule has 0 aromatic heterocycles. The van der Waals surface area contributed by atoms with Gasteiger partial charge < -0.3 is 5.11 Å². The molecule has 2 aliphatic rings. The molecule has 1 aliphatic heterocycles. The molecular weight excluding hydrogens is 372 g/mol. The SMILES string of the molecule is Cc1ccc(S(=O)(=O)N2CCCN(Cc3cc4c(cc3O)CCC4)CC2)cc1. The van der Waals surface area contributed by atoms with E-state index >= 15 is 0 Å². The van der Waals surface area contributed by atoms with Crippen molar-refractivity contribution in [2.24, 2.45) is 0 Å². The number of phenolic OH excluding ortho intramolecular Hbond substituents is 1. The summed E-state index contributed by atoms with van der Waals surface area (Å²) in [5, 5.41) is 10.4. The van der Waals surface area contributed by atoms with Gasteiger partial charge in [-0.3, -0.25) is 4.90 Å². The van der Waals surface area contributed by atoms with E-state index in [1.165, 1.54) is 11.1 Å². The summed E-state index contributed by atoms with van der Waals surface area (Å²) < 4.78 is 27.5. The number of aromatic hydroxyl groups is 1. The summed E-state index contributed by atoms with van der Waals surface area (Å²) >= 11 is 0. The van der Waals surface area contributed by atoms with E-state index in [0.717, 1.165) is 43.4 Å². The second-order valence-corrected chi connectivity index (χ2v) is 9.89. The summed E-state index contributed by atoms with van der Waals surface area (Å²) in [7, 11) is -3.46. The molecule has 0 bridgehead atoms. The van der Waals surface area contributed by atoms with E-state index in [9.17, 15) is 13.5 Å². The predicted octanol–water partition coefficient (Wildman–Crippen LogP) is 3.09. The molecule has 6 heteroatoms. The third-order valence-corrected chi connectivity index (χ3v) is 7.81. The zero-order chi connectivity index (χ0) is 19.7. The van der Waals surface area contributed by atoms with Gasteiger partial charge in [0.15, 0.2) is 0 Å². The highest BCUT2D eigenvalue weighted by molar-refractivity contribution is 7.89. The number of phenols is 1. The monoisotopic (exact) mass is 400 g/mol. The minimum Gasteiger partial charge on any atom is -0.508 e. The van der Waals surface area contributed by atoms with E-state index < -0.39 is 10.0 Å². The largest absolute Gasteiger partial charge is 0.508 e. The van der Waals surface area contributed by atoms with Crippen molar-refractivity contribution in [2.75, 3.05) is 26.2 Å².